The summed E-state index contributed by atoms with van der Waals surface area (Å²) in [5, 5.41) is 0. The van der Waals surface area contributed by atoms with Crippen LogP contribution in [0, 0.1) is 12.7 Å². The van der Waals surface area contributed by atoms with E-state index < -0.39 is 0 Å². The van der Waals surface area contributed by atoms with Gasteiger partial charge in [-0.15, -0.1) is 0 Å². The first-order valence-corrected chi connectivity index (χ1v) is 6.04. The first kappa shape index (κ1) is 11.7. The van der Waals surface area contributed by atoms with Crippen molar-refractivity contribution in [1.29, 1.82) is 0 Å². The Labute approximate surface area is 110 Å². The molecule has 0 aliphatic rings. The maximum atomic E-state index is 13.4. The third kappa shape index (κ3) is 2.42. The van der Waals surface area contributed by atoms with Gasteiger partial charge in [0.2, 0.25) is 0 Å². The second-order valence-corrected chi connectivity index (χ2v) is 4.42. The third-order valence-electron chi connectivity index (χ3n) is 2.86. The van der Waals surface area contributed by atoms with E-state index in [-0.39, 0.29) is 18.2 Å². The van der Waals surface area contributed by atoms with Gasteiger partial charge in [-0.05, 0) is 30.7 Å². The average Bonchev–Trinajstić information content (AvgIpc) is 2.79. The number of aryl methyl sites for hydroxylation is 1. The molecule has 2 aromatic heterocycles. The lowest BCUT2D eigenvalue weighted by Crippen LogP contribution is -1.97. The van der Waals surface area contributed by atoms with Crippen molar-refractivity contribution in [2.45, 2.75) is 13.5 Å². The summed E-state index contributed by atoms with van der Waals surface area (Å²) in [6, 6.07) is 10.3. The first-order valence-electron chi connectivity index (χ1n) is 6.04. The van der Waals surface area contributed by atoms with Crippen molar-refractivity contribution in [2.75, 3.05) is 0 Å². The van der Waals surface area contributed by atoms with Gasteiger partial charge in [-0.25, -0.2) is 9.37 Å². The molecular weight excluding hydrogens is 243 g/mol. The summed E-state index contributed by atoms with van der Waals surface area (Å²) in [4.78, 5) is 4.41. The molecule has 0 radical (unpaired) electrons. The summed E-state index contributed by atoms with van der Waals surface area (Å²) in [5.41, 5.74) is 2.79. The number of rotatable bonds is 3. The van der Waals surface area contributed by atoms with Crippen LogP contribution in [0.15, 0.2) is 48.8 Å². The molecule has 19 heavy (non-hydrogen) atoms. The Bertz CT molecular complexity index is 721. The van der Waals surface area contributed by atoms with Gasteiger partial charge in [0.05, 0.1) is 5.69 Å². The molecule has 0 spiro atoms. The van der Waals surface area contributed by atoms with E-state index in [0.717, 1.165) is 16.9 Å². The number of nitrogens with zero attached hydrogens (tertiary/aromatic N) is 2. The molecule has 0 fully saturated rings. The molecule has 0 aliphatic carbocycles. The Kier molecular flexibility index (Phi) is 2.91. The van der Waals surface area contributed by atoms with E-state index >= 15 is 0 Å². The molecule has 0 saturated heterocycles. The Morgan fingerprint density at radius 2 is 2.00 bits per heavy atom. The molecule has 0 unspecified atom stereocenters. The number of benzene rings is 1. The molecular formula is C15H13FN2O. The predicted octanol–water partition coefficient (Wildman–Crippen LogP) is 3.36. The lowest BCUT2D eigenvalue weighted by atomic mass is 10.3. The van der Waals surface area contributed by atoms with Crippen LogP contribution in [0.3, 0.4) is 0 Å². The summed E-state index contributed by atoms with van der Waals surface area (Å²) in [6.45, 7) is 2.27. The largest absolute Gasteiger partial charge is 0.484 e. The number of para-hydroxylation sites is 1. The predicted molar refractivity (Wildman–Crippen MR) is 70.7 cm³/mol. The maximum Gasteiger partial charge on any atom is 0.165 e. The van der Waals surface area contributed by atoms with E-state index in [0.29, 0.717) is 0 Å². The lowest BCUT2D eigenvalue weighted by Gasteiger charge is -2.04. The maximum absolute atomic E-state index is 13.4. The van der Waals surface area contributed by atoms with Crippen LogP contribution in [0.1, 0.15) is 11.3 Å². The van der Waals surface area contributed by atoms with E-state index in [1.54, 1.807) is 18.2 Å². The SMILES string of the molecule is Cc1ccc2nc(COc3ccccc3F)cn2c1. The van der Waals surface area contributed by atoms with Crippen LogP contribution in [0.5, 0.6) is 5.75 Å². The Balaban J connectivity index is 1.80. The van der Waals surface area contributed by atoms with Crippen LogP contribution >= 0.6 is 0 Å². The summed E-state index contributed by atoms with van der Waals surface area (Å²) >= 11 is 0. The molecule has 1 aromatic carbocycles. The Morgan fingerprint density at radius 3 is 2.84 bits per heavy atom. The van der Waals surface area contributed by atoms with Gasteiger partial charge < -0.3 is 9.14 Å². The molecule has 3 rings (SSSR count). The smallest absolute Gasteiger partial charge is 0.165 e. The van der Waals surface area contributed by atoms with E-state index in [4.69, 9.17) is 4.74 Å². The second kappa shape index (κ2) is 4.72. The lowest BCUT2D eigenvalue weighted by molar-refractivity contribution is 0.286. The van der Waals surface area contributed by atoms with Gasteiger partial charge in [-0.2, -0.15) is 0 Å². The Morgan fingerprint density at radius 1 is 1.16 bits per heavy atom. The molecule has 0 atom stereocenters. The molecule has 96 valence electrons. The minimum Gasteiger partial charge on any atom is -0.484 e. The quantitative estimate of drug-likeness (QED) is 0.718. The highest BCUT2D eigenvalue weighted by molar-refractivity contribution is 5.41. The highest BCUT2D eigenvalue weighted by Gasteiger charge is 2.05. The summed E-state index contributed by atoms with van der Waals surface area (Å²) in [5.74, 6) is -0.113. The van der Waals surface area contributed by atoms with Crippen molar-refractivity contribution >= 4 is 5.65 Å². The fourth-order valence-electron chi connectivity index (χ4n) is 1.94. The minimum atomic E-state index is -0.359. The highest BCUT2D eigenvalue weighted by Crippen LogP contribution is 2.17. The van der Waals surface area contributed by atoms with Crippen molar-refractivity contribution < 1.29 is 9.13 Å². The molecule has 0 bridgehead atoms. The van der Waals surface area contributed by atoms with Gasteiger partial charge in [0.1, 0.15) is 12.3 Å². The van der Waals surface area contributed by atoms with Gasteiger partial charge in [0, 0.05) is 12.4 Å². The monoisotopic (exact) mass is 256 g/mol. The summed E-state index contributed by atoms with van der Waals surface area (Å²) in [7, 11) is 0. The van der Waals surface area contributed by atoms with Gasteiger partial charge in [-0.1, -0.05) is 18.2 Å². The van der Waals surface area contributed by atoms with Crippen LogP contribution in [0.4, 0.5) is 4.39 Å². The summed E-state index contributed by atoms with van der Waals surface area (Å²) < 4.78 is 20.8. The number of hydrogen-bond donors (Lipinski definition) is 0. The number of imidazole rings is 1. The standard InChI is InChI=1S/C15H13FN2O/c1-11-6-7-15-17-12(9-18(15)8-11)10-19-14-5-3-2-4-13(14)16/h2-9H,10H2,1H3. The molecule has 4 heteroatoms. The zero-order valence-corrected chi connectivity index (χ0v) is 10.5. The van der Waals surface area contributed by atoms with Gasteiger partial charge in [0.25, 0.3) is 0 Å². The number of pyridine rings is 1. The zero-order chi connectivity index (χ0) is 13.2. The van der Waals surface area contributed by atoms with Crippen molar-refractivity contribution in [3.05, 3.63) is 65.9 Å². The van der Waals surface area contributed by atoms with E-state index in [9.17, 15) is 4.39 Å². The van der Waals surface area contributed by atoms with Crippen molar-refractivity contribution in [1.82, 2.24) is 9.38 Å². The van der Waals surface area contributed by atoms with E-state index in [1.807, 2.05) is 35.9 Å². The number of fused-ring (bicyclic) bond motifs is 1. The molecule has 0 aliphatic heterocycles. The molecule has 3 nitrogen and oxygen atoms in total. The van der Waals surface area contributed by atoms with Crippen molar-refractivity contribution in [3.63, 3.8) is 0 Å². The molecule has 0 amide bonds. The molecule has 0 N–H and O–H groups in total. The second-order valence-electron chi connectivity index (χ2n) is 4.42. The zero-order valence-electron chi connectivity index (χ0n) is 10.5. The number of halogens is 1. The number of aromatic nitrogens is 2. The summed E-state index contributed by atoms with van der Waals surface area (Å²) in [6.07, 6.45) is 3.89. The topological polar surface area (TPSA) is 26.5 Å². The normalized spacial score (nSPS) is 10.8. The van der Waals surface area contributed by atoms with Crippen LogP contribution in [0.2, 0.25) is 0 Å². The van der Waals surface area contributed by atoms with E-state index in [2.05, 4.69) is 4.98 Å². The third-order valence-corrected chi connectivity index (χ3v) is 2.86. The van der Waals surface area contributed by atoms with Crippen LogP contribution in [0.25, 0.3) is 5.65 Å². The molecule has 2 heterocycles. The number of ether oxygens (including phenoxy) is 1. The van der Waals surface area contributed by atoms with E-state index in [1.165, 1.54) is 6.07 Å². The van der Waals surface area contributed by atoms with Crippen molar-refractivity contribution in [2.24, 2.45) is 0 Å². The fourth-order valence-corrected chi connectivity index (χ4v) is 1.94. The van der Waals surface area contributed by atoms with Crippen molar-refractivity contribution in [3.8, 4) is 5.75 Å². The number of hydrogen-bond acceptors (Lipinski definition) is 2. The highest BCUT2D eigenvalue weighted by atomic mass is 19.1. The fraction of sp³-hybridized carbons (Fsp3) is 0.133. The van der Waals surface area contributed by atoms with Gasteiger partial charge >= 0.3 is 0 Å². The Hall–Kier alpha value is -2.36. The molecule has 3 aromatic rings. The minimum absolute atomic E-state index is 0.246. The first-order chi connectivity index (χ1) is 9.22. The van der Waals surface area contributed by atoms with Crippen LogP contribution in [-0.4, -0.2) is 9.38 Å². The average molecular weight is 256 g/mol. The van der Waals surface area contributed by atoms with Crippen LogP contribution < -0.4 is 4.74 Å². The molecule has 0 saturated carbocycles. The van der Waals surface area contributed by atoms with Crippen LogP contribution in [-0.2, 0) is 6.61 Å². The van der Waals surface area contributed by atoms with Gasteiger partial charge in [0.15, 0.2) is 11.6 Å². The van der Waals surface area contributed by atoms with Gasteiger partial charge in [-0.3, -0.25) is 0 Å².